The average Bonchev–Trinajstić information content (AvgIpc) is 2.18. The Morgan fingerprint density at radius 1 is 1.47 bits per heavy atom. The fourth-order valence-corrected chi connectivity index (χ4v) is 2.09. The molecule has 0 fully saturated rings. The topological polar surface area (TPSA) is 66.2 Å². The fraction of sp³-hybridized carbons (Fsp3) is 0.556. The van der Waals surface area contributed by atoms with E-state index in [0.29, 0.717) is 10.6 Å². The van der Waals surface area contributed by atoms with Crippen LogP contribution in [0, 0.1) is 0 Å². The summed E-state index contributed by atoms with van der Waals surface area (Å²) in [5.74, 6) is 0. The molecule has 0 saturated carbocycles. The Morgan fingerprint density at radius 2 is 2.13 bits per heavy atom. The molecule has 84 valence electrons. The summed E-state index contributed by atoms with van der Waals surface area (Å²) >= 11 is 7.18. The summed E-state index contributed by atoms with van der Waals surface area (Å²) < 4.78 is 0. The van der Waals surface area contributed by atoms with Crippen molar-refractivity contribution in [1.82, 2.24) is 9.97 Å². The smallest absolute Gasteiger partial charge is 0.139 e. The minimum absolute atomic E-state index is 0.0127. The van der Waals surface area contributed by atoms with Crippen LogP contribution in [0.25, 0.3) is 0 Å². The van der Waals surface area contributed by atoms with Crippen LogP contribution in [0.15, 0.2) is 11.4 Å². The van der Waals surface area contributed by atoms with Gasteiger partial charge in [0.2, 0.25) is 0 Å². The number of thioether (sulfide) groups is 1. The molecule has 0 bridgehead atoms. The first-order valence-electron chi connectivity index (χ1n) is 4.51. The van der Waals surface area contributed by atoms with Crippen LogP contribution in [0.5, 0.6) is 0 Å². The van der Waals surface area contributed by atoms with Crippen LogP contribution in [0.2, 0.25) is 5.15 Å². The third-order valence-corrected chi connectivity index (χ3v) is 3.65. The van der Waals surface area contributed by atoms with Gasteiger partial charge in [-0.3, -0.25) is 0 Å². The van der Waals surface area contributed by atoms with Crippen molar-refractivity contribution in [2.45, 2.75) is 36.8 Å². The van der Waals surface area contributed by atoms with Crippen molar-refractivity contribution in [2.24, 2.45) is 0 Å². The molecule has 4 nitrogen and oxygen atoms in total. The molecule has 15 heavy (non-hydrogen) atoms. The van der Waals surface area contributed by atoms with E-state index in [1.807, 2.05) is 6.92 Å². The van der Waals surface area contributed by atoms with E-state index in [4.69, 9.17) is 16.7 Å². The summed E-state index contributed by atoms with van der Waals surface area (Å²) in [4.78, 5) is 7.81. The Bertz CT molecular complexity index is 336. The maximum absolute atomic E-state index is 9.36. The van der Waals surface area contributed by atoms with Gasteiger partial charge >= 0.3 is 0 Å². The number of hydrogen-bond acceptors (Lipinski definition) is 5. The zero-order chi connectivity index (χ0) is 11.4. The van der Waals surface area contributed by atoms with Gasteiger partial charge in [-0.15, -0.1) is 11.8 Å². The third kappa shape index (κ3) is 3.31. The van der Waals surface area contributed by atoms with Gasteiger partial charge in [0, 0.05) is 10.8 Å². The molecule has 1 rings (SSSR count). The highest BCUT2D eigenvalue weighted by Crippen LogP contribution is 2.29. The molecule has 0 radical (unpaired) electrons. The SMILES string of the molecule is CC(O)C(C)Sc1ncnc(Cl)c1CO. The molecule has 1 aromatic heterocycles. The summed E-state index contributed by atoms with van der Waals surface area (Å²) in [6, 6.07) is 0. The lowest BCUT2D eigenvalue weighted by Gasteiger charge is -2.15. The molecule has 6 heteroatoms. The summed E-state index contributed by atoms with van der Waals surface area (Å²) in [6.45, 7) is 3.39. The van der Waals surface area contributed by atoms with E-state index in [0.717, 1.165) is 0 Å². The quantitative estimate of drug-likeness (QED) is 0.624. The average molecular weight is 249 g/mol. The monoisotopic (exact) mass is 248 g/mol. The van der Waals surface area contributed by atoms with Crippen molar-refractivity contribution < 1.29 is 10.2 Å². The molecule has 0 aromatic carbocycles. The van der Waals surface area contributed by atoms with Crippen LogP contribution in [0.1, 0.15) is 19.4 Å². The highest BCUT2D eigenvalue weighted by molar-refractivity contribution is 7.99. The Labute approximate surface area is 97.7 Å². The maximum Gasteiger partial charge on any atom is 0.139 e. The van der Waals surface area contributed by atoms with E-state index in [2.05, 4.69) is 9.97 Å². The number of aliphatic hydroxyl groups is 2. The summed E-state index contributed by atoms with van der Waals surface area (Å²) in [6.07, 6.45) is 0.897. The van der Waals surface area contributed by atoms with Gasteiger partial charge in [0.25, 0.3) is 0 Å². The predicted molar refractivity (Wildman–Crippen MR) is 60.0 cm³/mol. The lowest BCUT2D eigenvalue weighted by Crippen LogP contribution is -2.15. The van der Waals surface area contributed by atoms with Gasteiger partial charge in [0.15, 0.2) is 0 Å². The van der Waals surface area contributed by atoms with Crippen LogP contribution >= 0.6 is 23.4 Å². The number of nitrogens with zero attached hydrogens (tertiary/aromatic N) is 2. The first-order chi connectivity index (χ1) is 7.06. The Kier molecular flexibility index (Phi) is 4.79. The minimum atomic E-state index is -0.449. The summed E-state index contributed by atoms with van der Waals surface area (Å²) in [5.41, 5.74) is 0.511. The molecule has 2 unspecified atom stereocenters. The molecule has 0 amide bonds. The summed E-state index contributed by atoms with van der Waals surface area (Å²) in [5, 5.41) is 19.3. The molecular formula is C9H13ClN2O2S. The molecule has 1 heterocycles. The predicted octanol–water partition coefficient (Wildman–Crippen LogP) is 1.48. The van der Waals surface area contributed by atoms with Crippen LogP contribution in [0.3, 0.4) is 0 Å². The van der Waals surface area contributed by atoms with Crippen LogP contribution in [-0.2, 0) is 6.61 Å². The van der Waals surface area contributed by atoms with Crippen molar-refractivity contribution in [2.75, 3.05) is 0 Å². The molecule has 0 aliphatic heterocycles. The first kappa shape index (κ1) is 12.7. The normalized spacial score (nSPS) is 15.0. The molecule has 2 N–H and O–H groups in total. The lowest BCUT2D eigenvalue weighted by molar-refractivity contribution is 0.196. The molecule has 0 aliphatic rings. The van der Waals surface area contributed by atoms with Gasteiger partial charge < -0.3 is 10.2 Å². The molecule has 0 saturated heterocycles. The Balaban J connectivity index is 2.89. The maximum atomic E-state index is 9.36. The van der Waals surface area contributed by atoms with Crippen LogP contribution in [-0.4, -0.2) is 31.5 Å². The first-order valence-corrected chi connectivity index (χ1v) is 5.77. The highest BCUT2D eigenvalue weighted by atomic mass is 35.5. The van der Waals surface area contributed by atoms with Gasteiger partial charge in [-0.2, -0.15) is 0 Å². The largest absolute Gasteiger partial charge is 0.392 e. The number of hydrogen-bond donors (Lipinski definition) is 2. The molecule has 1 aromatic rings. The number of rotatable bonds is 4. The van der Waals surface area contributed by atoms with E-state index in [1.54, 1.807) is 6.92 Å². The Hall–Kier alpha value is -0.360. The van der Waals surface area contributed by atoms with Gasteiger partial charge in [-0.1, -0.05) is 18.5 Å². The highest BCUT2D eigenvalue weighted by Gasteiger charge is 2.15. The molecule has 0 spiro atoms. The molecule has 0 aliphatic carbocycles. The van der Waals surface area contributed by atoms with E-state index < -0.39 is 6.10 Å². The molecule has 2 atom stereocenters. The van der Waals surface area contributed by atoms with Crippen LogP contribution in [0.4, 0.5) is 0 Å². The second kappa shape index (κ2) is 5.65. The number of aliphatic hydroxyl groups excluding tert-OH is 2. The van der Waals surface area contributed by atoms with E-state index in [-0.39, 0.29) is 17.0 Å². The van der Waals surface area contributed by atoms with Crippen molar-refractivity contribution in [1.29, 1.82) is 0 Å². The van der Waals surface area contributed by atoms with E-state index >= 15 is 0 Å². The number of halogens is 1. The zero-order valence-corrected chi connectivity index (χ0v) is 10.1. The van der Waals surface area contributed by atoms with Crippen LogP contribution < -0.4 is 0 Å². The van der Waals surface area contributed by atoms with Crippen molar-refractivity contribution in [3.05, 3.63) is 17.0 Å². The Morgan fingerprint density at radius 3 is 2.67 bits per heavy atom. The molecular weight excluding hydrogens is 236 g/mol. The minimum Gasteiger partial charge on any atom is -0.392 e. The van der Waals surface area contributed by atoms with Gasteiger partial charge in [0.1, 0.15) is 16.5 Å². The van der Waals surface area contributed by atoms with Gasteiger partial charge in [0.05, 0.1) is 12.7 Å². The van der Waals surface area contributed by atoms with E-state index in [1.165, 1.54) is 18.1 Å². The van der Waals surface area contributed by atoms with Crippen molar-refractivity contribution >= 4 is 23.4 Å². The second-order valence-electron chi connectivity index (χ2n) is 3.17. The third-order valence-electron chi connectivity index (χ3n) is 1.99. The zero-order valence-electron chi connectivity index (χ0n) is 8.51. The number of aromatic nitrogens is 2. The second-order valence-corrected chi connectivity index (χ2v) is 4.89. The summed E-state index contributed by atoms with van der Waals surface area (Å²) in [7, 11) is 0. The standard InChI is InChI=1S/C9H13ClN2O2S/c1-5(14)6(2)15-9-7(3-13)8(10)11-4-12-9/h4-6,13-14H,3H2,1-2H3. The fourth-order valence-electron chi connectivity index (χ4n) is 0.885. The van der Waals surface area contributed by atoms with Gasteiger partial charge in [-0.05, 0) is 6.92 Å². The van der Waals surface area contributed by atoms with Crippen molar-refractivity contribution in [3.63, 3.8) is 0 Å². The van der Waals surface area contributed by atoms with E-state index in [9.17, 15) is 5.11 Å². The van der Waals surface area contributed by atoms with Gasteiger partial charge in [-0.25, -0.2) is 9.97 Å². The van der Waals surface area contributed by atoms with Crippen molar-refractivity contribution in [3.8, 4) is 0 Å². The lowest BCUT2D eigenvalue weighted by atomic mass is 10.3.